The van der Waals surface area contributed by atoms with Crippen molar-refractivity contribution in [2.75, 3.05) is 26.7 Å². The van der Waals surface area contributed by atoms with Gasteiger partial charge in [0.05, 0.1) is 17.6 Å². The molecule has 1 atom stereocenters. The molecule has 1 saturated heterocycles. The van der Waals surface area contributed by atoms with E-state index >= 15 is 0 Å². The highest BCUT2D eigenvalue weighted by molar-refractivity contribution is 7.89. The van der Waals surface area contributed by atoms with Crippen molar-refractivity contribution in [3.63, 3.8) is 0 Å². The van der Waals surface area contributed by atoms with Gasteiger partial charge in [0, 0.05) is 6.54 Å². The van der Waals surface area contributed by atoms with Crippen molar-refractivity contribution >= 4 is 28.4 Å². The van der Waals surface area contributed by atoms with Crippen LogP contribution in [0.3, 0.4) is 0 Å². The number of nitrogens with one attached hydrogen (secondary N) is 2. The molecule has 22 heavy (non-hydrogen) atoms. The highest BCUT2D eigenvalue weighted by atomic mass is 35.5. The minimum atomic E-state index is -3.71. The van der Waals surface area contributed by atoms with E-state index in [1.807, 2.05) is 0 Å². The standard InChI is InChI=1S/C14H20N2O4S.ClH/c1-20-14(17)12-4-2-3-5-13(12)21(18,19)16-9-7-11-6-8-15-10-11;/h2-5,11,15-16H,6-10H2,1H3;1H. The Balaban J connectivity index is 0.00000242. The molecule has 0 amide bonds. The molecule has 124 valence electrons. The average molecular weight is 349 g/mol. The van der Waals surface area contributed by atoms with E-state index in [1.165, 1.54) is 19.2 Å². The SMILES string of the molecule is COC(=O)c1ccccc1S(=O)(=O)NCCC1CCNC1.Cl. The normalized spacial score (nSPS) is 17.8. The summed E-state index contributed by atoms with van der Waals surface area (Å²) in [5.41, 5.74) is 0.0510. The summed E-state index contributed by atoms with van der Waals surface area (Å²) in [6.45, 7) is 2.28. The summed E-state index contributed by atoms with van der Waals surface area (Å²) in [5.74, 6) is -0.153. The predicted octanol–water partition coefficient (Wildman–Crippen LogP) is 1.17. The van der Waals surface area contributed by atoms with Gasteiger partial charge >= 0.3 is 5.97 Å². The molecule has 1 aromatic rings. The van der Waals surface area contributed by atoms with E-state index in [0.717, 1.165) is 25.9 Å². The Kier molecular flexibility index (Phi) is 7.28. The molecule has 0 aromatic heterocycles. The average Bonchev–Trinajstić information content (AvgIpc) is 2.99. The van der Waals surface area contributed by atoms with E-state index in [1.54, 1.807) is 12.1 Å². The Morgan fingerprint density at radius 2 is 2.14 bits per heavy atom. The van der Waals surface area contributed by atoms with Gasteiger partial charge in [-0.25, -0.2) is 17.9 Å². The first-order valence-corrected chi connectivity index (χ1v) is 8.40. The first-order chi connectivity index (χ1) is 10.0. The summed E-state index contributed by atoms with van der Waals surface area (Å²) in [4.78, 5) is 11.6. The second-order valence-electron chi connectivity index (χ2n) is 5.03. The van der Waals surface area contributed by atoms with Gasteiger partial charge in [-0.1, -0.05) is 12.1 Å². The smallest absolute Gasteiger partial charge is 0.339 e. The Labute approximate surface area is 137 Å². The molecule has 1 fully saturated rings. The molecule has 2 rings (SSSR count). The molecule has 1 unspecified atom stereocenters. The number of ether oxygens (including phenoxy) is 1. The predicted molar refractivity (Wildman–Crippen MR) is 85.8 cm³/mol. The third kappa shape index (κ3) is 4.67. The molecule has 1 aliphatic rings. The number of hydrogen-bond acceptors (Lipinski definition) is 5. The van der Waals surface area contributed by atoms with Gasteiger partial charge < -0.3 is 10.1 Å². The maximum atomic E-state index is 12.3. The van der Waals surface area contributed by atoms with Crippen LogP contribution in [-0.2, 0) is 14.8 Å². The van der Waals surface area contributed by atoms with Crippen molar-refractivity contribution < 1.29 is 17.9 Å². The summed E-state index contributed by atoms with van der Waals surface area (Å²) in [6.07, 6.45) is 1.85. The molecule has 1 aliphatic heterocycles. The molecule has 0 aliphatic carbocycles. The van der Waals surface area contributed by atoms with Gasteiger partial charge in [-0.05, 0) is 44.0 Å². The Morgan fingerprint density at radius 1 is 1.41 bits per heavy atom. The van der Waals surface area contributed by atoms with Gasteiger partial charge in [-0.15, -0.1) is 12.4 Å². The van der Waals surface area contributed by atoms with Crippen molar-refractivity contribution in [1.29, 1.82) is 0 Å². The number of carbonyl (C=O) groups is 1. The second-order valence-corrected chi connectivity index (χ2v) is 6.77. The van der Waals surface area contributed by atoms with Gasteiger partial charge in [0.15, 0.2) is 0 Å². The van der Waals surface area contributed by atoms with E-state index in [-0.39, 0.29) is 22.9 Å². The molecule has 2 N–H and O–H groups in total. The van der Waals surface area contributed by atoms with Gasteiger partial charge in [0.2, 0.25) is 10.0 Å². The van der Waals surface area contributed by atoms with Crippen molar-refractivity contribution in [3.05, 3.63) is 29.8 Å². The summed E-state index contributed by atoms with van der Waals surface area (Å²) >= 11 is 0. The van der Waals surface area contributed by atoms with Crippen molar-refractivity contribution in [2.45, 2.75) is 17.7 Å². The number of rotatable bonds is 6. The third-order valence-electron chi connectivity index (χ3n) is 3.59. The van der Waals surface area contributed by atoms with Crippen LogP contribution in [0, 0.1) is 5.92 Å². The Hall–Kier alpha value is -1.15. The van der Waals surface area contributed by atoms with Crippen LogP contribution >= 0.6 is 12.4 Å². The minimum Gasteiger partial charge on any atom is -0.465 e. The number of halogens is 1. The topological polar surface area (TPSA) is 84.5 Å². The van der Waals surface area contributed by atoms with Gasteiger partial charge in [0.1, 0.15) is 0 Å². The molecule has 0 spiro atoms. The molecule has 0 bridgehead atoms. The Bertz CT molecular complexity index is 601. The lowest BCUT2D eigenvalue weighted by atomic mass is 10.1. The fourth-order valence-electron chi connectivity index (χ4n) is 2.42. The van der Waals surface area contributed by atoms with Crippen molar-refractivity contribution in [2.24, 2.45) is 5.92 Å². The lowest BCUT2D eigenvalue weighted by Gasteiger charge is -2.12. The zero-order valence-electron chi connectivity index (χ0n) is 12.4. The lowest BCUT2D eigenvalue weighted by molar-refractivity contribution is 0.0596. The van der Waals surface area contributed by atoms with E-state index in [4.69, 9.17) is 0 Å². The molecule has 0 radical (unpaired) electrons. The molecule has 1 heterocycles. The zero-order chi connectivity index (χ0) is 15.3. The number of carbonyl (C=O) groups excluding carboxylic acids is 1. The largest absolute Gasteiger partial charge is 0.465 e. The maximum absolute atomic E-state index is 12.3. The van der Waals surface area contributed by atoms with Crippen LogP contribution in [0.15, 0.2) is 29.2 Å². The molecule has 1 aromatic carbocycles. The van der Waals surface area contributed by atoms with Crippen LogP contribution in [0.4, 0.5) is 0 Å². The first-order valence-electron chi connectivity index (χ1n) is 6.92. The molecule has 8 heteroatoms. The number of hydrogen-bond donors (Lipinski definition) is 2. The van der Waals surface area contributed by atoms with E-state index < -0.39 is 16.0 Å². The van der Waals surface area contributed by atoms with Crippen LogP contribution in [0.2, 0.25) is 0 Å². The quantitative estimate of drug-likeness (QED) is 0.754. The van der Waals surface area contributed by atoms with Crippen molar-refractivity contribution in [1.82, 2.24) is 10.0 Å². The minimum absolute atomic E-state index is 0. The first kappa shape index (κ1) is 18.9. The Morgan fingerprint density at radius 3 is 2.77 bits per heavy atom. The van der Waals surface area contributed by atoms with Crippen LogP contribution in [0.1, 0.15) is 23.2 Å². The fourth-order valence-corrected chi connectivity index (χ4v) is 3.66. The molecular weight excluding hydrogens is 328 g/mol. The summed E-state index contributed by atoms with van der Waals surface area (Å²) in [5, 5.41) is 3.24. The van der Waals surface area contributed by atoms with Gasteiger partial charge in [-0.2, -0.15) is 0 Å². The number of benzene rings is 1. The number of sulfonamides is 1. The molecule has 6 nitrogen and oxygen atoms in total. The third-order valence-corrected chi connectivity index (χ3v) is 5.11. The van der Waals surface area contributed by atoms with E-state index in [2.05, 4.69) is 14.8 Å². The molecular formula is C14H21ClN2O4S. The lowest BCUT2D eigenvalue weighted by Crippen LogP contribution is -2.28. The summed E-state index contributed by atoms with van der Waals surface area (Å²) in [7, 11) is -2.48. The summed E-state index contributed by atoms with van der Waals surface area (Å²) in [6, 6.07) is 6.05. The van der Waals surface area contributed by atoms with Gasteiger partial charge in [0.25, 0.3) is 0 Å². The van der Waals surface area contributed by atoms with Crippen molar-refractivity contribution in [3.8, 4) is 0 Å². The maximum Gasteiger partial charge on any atom is 0.339 e. The highest BCUT2D eigenvalue weighted by Gasteiger charge is 2.23. The molecule has 0 saturated carbocycles. The van der Waals surface area contributed by atoms with Crippen LogP contribution in [0.5, 0.6) is 0 Å². The van der Waals surface area contributed by atoms with Crippen LogP contribution < -0.4 is 10.0 Å². The van der Waals surface area contributed by atoms with E-state index in [9.17, 15) is 13.2 Å². The summed E-state index contributed by atoms with van der Waals surface area (Å²) < 4.78 is 31.8. The van der Waals surface area contributed by atoms with E-state index in [0.29, 0.717) is 12.5 Å². The highest BCUT2D eigenvalue weighted by Crippen LogP contribution is 2.17. The zero-order valence-corrected chi connectivity index (χ0v) is 14.0. The van der Waals surface area contributed by atoms with Gasteiger partial charge in [-0.3, -0.25) is 0 Å². The van der Waals surface area contributed by atoms with Crippen LogP contribution in [-0.4, -0.2) is 41.1 Å². The second kappa shape index (κ2) is 8.47. The number of methoxy groups -OCH3 is 1. The van der Waals surface area contributed by atoms with Crippen LogP contribution in [0.25, 0.3) is 0 Å². The monoisotopic (exact) mass is 348 g/mol. The fraction of sp³-hybridized carbons (Fsp3) is 0.500. The number of esters is 1.